The zero-order chi connectivity index (χ0) is 22.3. The standard InChI is InChI=1S/C21H26N4O4S2/c1-14-11-25(31(4,27)28)8-7-24(14)12-16-9-17-20(30-16)18(13-23(2)21(17)26)15-5-6-19(29-3)22-10-15/h5-6,9-10,13-14H,7-8,11-12H2,1-4H3/t14-/m0/s1. The second-order valence-electron chi connectivity index (χ2n) is 7.94. The van der Waals surface area contributed by atoms with E-state index in [1.54, 1.807) is 36.3 Å². The number of nitrogens with zero attached hydrogens (tertiary/aromatic N) is 4. The summed E-state index contributed by atoms with van der Waals surface area (Å²) in [7, 11) is 0.157. The van der Waals surface area contributed by atoms with Crippen molar-refractivity contribution in [3.63, 3.8) is 0 Å². The Morgan fingerprint density at radius 3 is 2.68 bits per heavy atom. The van der Waals surface area contributed by atoms with Crippen LogP contribution in [0.4, 0.5) is 0 Å². The third-order valence-corrected chi connectivity index (χ3v) is 8.14. The SMILES string of the molecule is COc1ccc(-c2cn(C)c(=O)c3cc(CN4CCN(S(C)(=O)=O)C[C@@H]4C)sc23)cn1. The molecule has 166 valence electrons. The summed E-state index contributed by atoms with van der Waals surface area (Å²) in [6.45, 7) is 4.35. The van der Waals surface area contributed by atoms with E-state index in [-0.39, 0.29) is 11.6 Å². The number of hydrogen-bond acceptors (Lipinski definition) is 7. The molecule has 0 radical (unpaired) electrons. The van der Waals surface area contributed by atoms with Crippen LogP contribution < -0.4 is 10.3 Å². The van der Waals surface area contributed by atoms with Crippen LogP contribution in [-0.2, 0) is 23.6 Å². The third-order valence-electron chi connectivity index (χ3n) is 5.71. The summed E-state index contributed by atoms with van der Waals surface area (Å²) in [5.74, 6) is 0.541. The van der Waals surface area contributed by atoms with E-state index < -0.39 is 10.0 Å². The predicted octanol–water partition coefficient (Wildman–Crippen LogP) is 2.14. The van der Waals surface area contributed by atoms with Crippen molar-refractivity contribution in [2.24, 2.45) is 7.05 Å². The molecule has 1 aliphatic rings. The van der Waals surface area contributed by atoms with E-state index in [1.807, 2.05) is 31.3 Å². The van der Waals surface area contributed by atoms with Crippen LogP contribution in [0.15, 0.2) is 35.4 Å². The van der Waals surface area contributed by atoms with Gasteiger partial charge in [0.05, 0.1) is 18.8 Å². The van der Waals surface area contributed by atoms with Crippen molar-refractivity contribution in [1.82, 2.24) is 18.8 Å². The fraction of sp³-hybridized carbons (Fsp3) is 0.429. The van der Waals surface area contributed by atoms with Crippen LogP contribution in [0.5, 0.6) is 5.88 Å². The Morgan fingerprint density at radius 1 is 1.29 bits per heavy atom. The summed E-state index contributed by atoms with van der Waals surface area (Å²) in [4.78, 5) is 20.4. The van der Waals surface area contributed by atoms with Crippen molar-refractivity contribution in [2.75, 3.05) is 33.0 Å². The minimum atomic E-state index is -3.18. The van der Waals surface area contributed by atoms with E-state index >= 15 is 0 Å². The number of aryl methyl sites for hydroxylation is 1. The highest BCUT2D eigenvalue weighted by atomic mass is 32.2. The Hall–Kier alpha value is -2.27. The highest BCUT2D eigenvalue weighted by molar-refractivity contribution is 7.88. The van der Waals surface area contributed by atoms with Gasteiger partial charge in [-0.15, -0.1) is 11.3 Å². The summed E-state index contributed by atoms with van der Waals surface area (Å²) in [6.07, 6.45) is 4.86. The van der Waals surface area contributed by atoms with E-state index in [1.165, 1.54) is 10.6 Å². The van der Waals surface area contributed by atoms with Gasteiger partial charge in [-0.25, -0.2) is 13.4 Å². The van der Waals surface area contributed by atoms with Gasteiger partial charge in [-0.1, -0.05) is 0 Å². The van der Waals surface area contributed by atoms with Crippen LogP contribution in [0, 0.1) is 0 Å². The maximum absolute atomic E-state index is 12.8. The second kappa shape index (κ2) is 8.34. The molecule has 3 aromatic heterocycles. The van der Waals surface area contributed by atoms with Gasteiger partial charge in [0.25, 0.3) is 5.56 Å². The number of fused-ring (bicyclic) bond motifs is 1. The molecule has 8 nitrogen and oxygen atoms in total. The lowest BCUT2D eigenvalue weighted by Crippen LogP contribution is -2.52. The minimum Gasteiger partial charge on any atom is -0.481 e. The summed E-state index contributed by atoms with van der Waals surface area (Å²) in [5, 5.41) is 0.693. The van der Waals surface area contributed by atoms with E-state index in [2.05, 4.69) is 9.88 Å². The summed E-state index contributed by atoms with van der Waals surface area (Å²) in [5.41, 5.74) is 1.85. The van der Waals surface area contributed by atoms with Crippen LogP contribution in [-0.4, -0.2) is 66.2 Å². The monoisotopic (exact) mass is 462 g/mol. The average molecular weight is 463 g/mol. The number of ether oxygens (including phenoxy) is 1. The van der Waals surface area contributed by atoms with Crippen LogP contribution >= 0.6 is 11.3 Å². The van der Waals surface area contributed by atoms with Crippen molar-refractivity contribution >= 4 is 31.4 Å². The van der Waals surface area contributed by atoms with Crippen LogP contribution in [0.1, 0.15) is 11.8 Å². The molecule has 1 aliphatic heterocycles. The molecule has 0 spiro atoms. The molecule has 1 atom stereocenters. The number of methoxy groups -OCH3 is 1. The van der Waals surface area contributed by atoms with Crippen molar-refractivity contribution in [1.29, 1.82) is 0 Å². The van der Waals surface area contributed by atoms with Gasteiger partial charge >= 0.3 is 0 Å². The molecule has 0 unspecified atom stereocenters. The molecule has 0 bridgehead atoms. The first-order valence-electron chi connectivity index (χ1n) is 9.99. The van der Waals surface area contributed by atoms with Crippen molar-refractivity contribution < 1.29 is 13.2 Å². The Kier molecular flexibility index (Phi) is 5.91. The number of pyridine rings is 2. The molecule has 1 saturated heterocycles. The Morgan fingerprint density at radius 2 is 2.06 bits per heavy atom. The molecule has 10 heteroatoms. The third kappa shape index (κ3) is 4.38. The fourth-order valence-electron chi connectivity index (χ4n) is 3.94. The molecular weight excluding hydrogens is 436 g/mol. The molecule has 0 aliphatic carbocycles. The molecular formula is C21H26N4O4S2. The average Bonchev–Trinajstić information content (AvgIpc) is 3.15. The highest BCUT2D eigenvalue weighted by Crippen LogP contribution is 2.34. The van der Waals surface area contributed by atoms with Crippen LogP contribution in [0.25, 0.3) is 21.2 Å². The number of sulfonamides is 1. The number of rotatable bonds is 5. The largest absolute Gasteiger partial charge is 0.481 e. The highest BCUT2D eigenvalue weighted by Gasteiger charge is 2.29. The number of thiophene rings is 1. The molecule has 1 fully saturated rings. The van der Waals surface area contributed by atoms with Gasteiger partial charge in [0, 0.05) is 78.4 Å². The van der Waals surface area contributed by atoms with Crippen molar-refractivity contribution in [3.05, 3.63) is 45.8 Å². The van der Waals surface area contributed by atoms with Gasteiger partial charge in [-0.3, -0.25) is 9.69 Å². The second-order valence-corrected chi connectivity index (χ2v) is 11.1. The molecule has 0 amide bonds. The van der Waals surface area contributed by atoms with Gasteiger partial charge in [-0.2, -0.15) is 4.31 Å². The molecule has 0 N–H and O–H groups in total. The zero-order valence-electron chi connectivity index (χ0n) is 18.0. The number of piperazine rings is 1. The Bertz CT molecular complexity index is 1270. The summed E-state index contributed by atoms with van der Waals surface area (Å²) < 4.78 is 32.9. The van der Waals surface area contributed by atoms with E-state index in [4.69, 9.17) is 4.74 Å². The fourth-order valence-corrected chi connectivity index (χ4v) is 6.05. The van der Waals surface area contributed by atoms with Gasteiger partial charge in [0.1, 0.15) is 0 Å². The number of aromatic nitrogens is 2. The first kappa shape index (κ1) is 21.9. The quantitative estimate of drug-likeness (QED) is 0.578. The number of hydrogen-bond donors (Lipinski definition) is 0. The minimum absolute atomic E-state index is 0.0299. The molecule has 4 heterocycles. The Labute approximate surface area is 185 Å². The maximum Gasteiger partial charge on any atom is 0.259 e. The normalized spacial score (nSPS) is 18.5. The van der Waals surface area contributed by atoms with E-state index in [9.17, 15) is 13.2 Å². The van der Waals surface area contributed by atoms with Crippen LogP contribution in [0.2, 0.25) is 0 Å². The lowest BCUT2D eigenvalue weighted by molar-refractivity contribution is 0.123. The lowest BCUT2D eigenvalue weighted by atomic mass is 10.1. The molecule has 31 heavy (non-hydrogen) atoms. The van der Waals surface area contributed by atoms with E-state index in [0.717, 1.165) is 20.7 Å². The van der Waals surface area contributed by atoms with Gasteiger partial charge < -0.3 is 9.30 Å². The predicted molar refractivity (Wildman–Crippen MR) is 123 cm³/mol. The Balaban J connectivity index is 1.66. The smallest absolute Gasteiger partial charge is 0.259 e. The van der Waals surface area contributed by atoms with Gasteiger partial charge in [0.15, 0.2) is 0 Å². The maximum atomic E-state index is 12.8. The first-order valence-corrected chi connectivity index (χ1v) is 12.7. The zero-order valence-corrected chi connectivity index (χ0v) is 19.7. The molecule has 0 aromatic carbocycles. The molecule has 4 rings (SSSR count). The lowest BCUT2D eigenvalue weighted by Gasteiger charge is -2.38. The first-order chi connectivity index (χ1) is 14.7. The van der Waals surface area contributed by atoms with Crippen molar-refractivity contribution in [2.45, 2.75) is 19.5 Å². The van der Waals surface area contributed by atoms with E-state index in [0.29, 0.717) is 37.4 Å². The van der Waals surface area contributed by atoms with Crippen LogP contribution in [0.3, 0.4) is 0 Å². The molecule has 0 saturated carbocycles. The van der Waals surface area contributed by atoms with Crippen molar-refractivity contribution in [3.8, 4) is 17.0 Å². The van der Waals surface area contributed by atoms with Gasteiger partial charge in [0.2, 0.25) is 15.9 Å². The topological polar surface area (TPSA) is 84.7 Å². The molecule has 3 aromatic rings. The summed E-state index contributed by atoms with van der Waals surface area (Å²) >= 11 is 1.61. The van der Waals surface area contributed by atoms with Gasteiger partial charge in [-0.05, 0) is 19.1 Å². The summed E-state index contributed by atoms with van der Waals surface area (Å²) in [6, 6.07) is 5.82.